The number of aliphatic hydroxyl groups excluding tert-OH is 1. The number of nitrogens with zero attached hydrogens (tertiary/aromatic N) is 2. The molecule has 180 valence electrons. The van der Waals surface area contributed by atoms with E-state index in [1.54, 1.807) is 18.2 Å². The van der Waals surface area contributed by atoms with E-state index in [4.69, 9.17) is 13.9 Å². The summed E-state index contributed by atoms with van der Waals surface area (Å²) in [6, 6.07) is 12.8. The molecular formula is C25H22N2O8. The first-order chi connectivity index (χ1) is 16.8. The lowest BCUT2D eigenvalue weighted by atomic mass is 9.94. The van der Waals surface area contributed by atoms with Gasteiger partial charge in [-0.3, -0.25) is 19.7 Å². The normalized spacial score (nSPS) is 15.4. The van der Waals surface area contributed by atoms with Crippen molar-refractivity contribution < 1.29 is 33.5 Å². The summed E-state index contributed by atoms with van der Waals surface area (Å²) in [6.07, 6.45) is 1.66. The number of benzene rings is 2. The highest BCUT2D eigenvalue weighted by molar-refractivity contribution is 6.15. The van der Waals surface area contributed by atoms with Gasteiger partial charge in [0.2, 0.25) is 5.78 Å². The van der Waals surface area contributed by atoms with Crippen LogP contribution in [0, 0.1) is 10.1 Å². The summed E-state index contributed by atoms with van der Waals surface area (Å²) in [6.45, 7) is 0.112. The Labute approximate surface area is 200 Å². The highest BCUT2D eigenvalue weighted by atomic mass is 16.6. The van der Waals surface area contributed by atoms with E-state index in [2.05, 4.69) is 0 Å². The number of Topliss-reactive ketones (excluding diaryl/α,β-unsaturated/α-hetero) is 1. The molecule has 0 fully saturated rings. The minimum atomic E-state index is -1.04. The molecule has 1 aromatic heterocycles. The zero-order valence-corrected chi connectivity index (χ0v) is 19.0. The van der Waals surface area contributed by atoms with Crippen LogP contribution in [0.3, 0.4) is 0 Å². The summed E-state index contributed by atoms with van der Waals surface area (Å²) < 4.78 is 15.8. The van der Waals surface area contributed by atoms with Crippen LogP contribution < -0.4 is 9.47 Å². The fraction of sp³-hybridized carbons (Fsp3) is 0.200. The van der Waals surface area contributed by atoms with Crippen LogP contribution in [-0.4, -0.2) is 47.4 Å². The Morgan fingerprint density at radius 1 is 1.11 bits per heavy atom. The molecule has 1 aliphatic rings. The molecule has 0 radical (unpaired) electrons. The zero-order valence-electron chi connectivity index (χ0n) is 19.0. The molecule has 0 spiro atoms. The summed E-state index contributed by atoms with van der Waals surface area (Å²) in [7, 11) is 3.04. The van der Waals surface area contributed by atoms with Gasteiger partial charge in [0.05, 0.1) is 37.0 Å². The van der Waals surface area contributed by atoms with Crippen molar-refractivity contribution in [3.05, 3.63) is 99.2 Å². The molecule has 35 heavy (non-hydrogen) atoms. The fourth-order valence-corrected chi connectivity index (χ4v) is 4.10. The number of non-ortho nitro benzene ring substituents is 1. The maximum Gasteiger partial charge on any atom is 0.290 e. The number of ketones is 1. The molecule has 0 saturated heterocycles. The van der Waals surface area contributed by atoms with Gasteiger partial charge in [-0.25, -0.2) is 0 Å². The molecule has 10 nitrogen and oxygen atoms in total. The van der Waals surface area contributed by atoms with Crippen LogP contribution in [0.25, 0.3) is 0 Å². The van der Waals surface area contributed by atoms with Crippen molar-refractivity contribution >= 4 is 17.4 Å². The summed E-state index contributed by atoms with van der Waals surface area (Å²) in [4.78, 5) is 38.4. The van der Waals surface area contributed by atoms with Crippen LogP contribution in [0.1, 0.15) is 27.7 Å². The van der Waals surface area contributed by atoms with E-state index in [9.17, 15) is 24.8 Å². The summed E-state index contributed by atoms with van der Waals surface area (Å²) in [5.74, 6) is -1.13. The van der Waals surface area contributed by atoms with Crippen LogP contribution in [-0.2, 0) is 11.2 Å². The number of rotatable bonds is 9. The molecule has 2 aromatic carbocycles. The van der Waals surface area contributed by atoms with Crippen LogP contribution in [0.5, 0.6) is 11.5 Å². The number of furan rings is 1. The standard InChI is InChI=1S/C25H22N2O8/c1-33-18-9-8-15(13-20(18)34-2)10-11-26-22(16-5-3-6-17(14-16)27(31)32)21(24(29)25(26)30)23(28)19-7-4-12-35-19/h3-9,12-14,22,29H,10-11H2,1-2H3/t22-/m1/s1. The first kappa shape index (κ1) is 23.6. The second kappa shape index (κ2) is 9.72. The molecule has 2 heterocycles. The van der Waals surface area contributed by atoms with Gasteiger partial charge in [-0.15, -0.1) is 0 Å². The van der Waals surface area contributed by atoms with Gasteiger partial charge in [-0.05, 0) is 41.8 Å². The molecule has 10 heteroatoms. The maximum atomic E-state index is 13.2. The van der Waals surface area contributed by atoms with Gasteiger partial charge in [0.15, 0.2) is 23.0 Å². The van der Waals surface area contributed by atoms with Crippen molar-refractivity contribution in [3.63, 3.8) is 0 Å². The minimum absolute atomic E-state index is 0.0588. The van der Waals surface area contributed by atoms with E-state index in [-0.39, 0.29) is 23.6 Å². The second-order valence-electron chi connectivity index (χ2n) is 7.76. The lowest BCUT2D eigenvalue weighted by Gasteiger charge is -2.26. The van der Waals surface area contributed by atoms with Gasteiger partial charge >= 0.3 is 0 Å². The largest absolute Gasteiger partial charge is 0.503 e. The molecular weight excluding hydrogens is 456 g/mol. The molecule has 4 rings (SSSR count). The third kappa shape index (κ3) is 4.45. The number of methoxy groups -OCH3 is 2. The van der Waals surface area contributed by atoms with Crippen molar-refractivity contribution in [2.45, 2.75) is 12.5 Å². The first-order valence-corrected chi connectivity index (χ1v) is 10.6. The summed E-state index contributed by atoms with van der Waals surface area (Å²) >= 11 is 0. The Morgan fingerprint density at radius 3 is 2.54 bits per heavy atom. The monoisotopic (exact) mass is 478 g/mol. The van der Waals surface area contributed by atoms with Crippen molar-refractivity contribution in [1.29, 1.82) is 0 Å². The summed E-state index contributed by atoms with van der Waals surface area (Å²) in [5.41, 5.74) is 0.737. The Morgan fingerprint density at radius 2 is 1.89 bits per heavy atom. The van der Waals surface area contributed by atoms with Gasteiger partial charge < -0.3 is 23.9 Å². The zero-order chi connectivity index (χ0) is 25.1. The van der Waals surface area contributed by atoms with Crippen molar-refractivity contribution in [2.24, 2.45) is 0 Å². The van der Waals surface area contributed by atoms with Crippen molar-refractivity contribution in [1.82, 2.24) is 4.90 Å². The number of carbonyl (C=O) groups excluding carboxylic acids is 2. The third-order valence-electron chi connectivity index (χ3n) is 5.78. The highest BCUT2D eigenvalue weighted by Gasteiger charge is 2.44. The molecule has 0 aliphatic carbocycles. The number of hydrogen-bond donors (Lipinski definition) is 1. The highest BCUT2D eigenvalue weighted by Crippen LogP contribution is 2.40. The average Bonchev–Trinajstić information content (AvgIpc) is 3.49. The Balaban J connectivity index is 1.71. The number of ether oxygens (including phenoxy) is 2. The van der Waals surface area contributed by atoms with E-state index in [0.29, 0.717) is 23.5 Å². The van der Waals surface area contributed by atoms with Crippen LogP contribution in [0.2, 0.25) is 0 Å². The predicted octanol–water partition coefficient (Wildman–Crippen LogP) is 4.03. The molecule has 1 amide bonds. The lowest BCUT2D eigenvalue weighted by molar-refractivity contribution is -0.384. The molecule has 3 aromatic rings. The van der Waals surface area contributed by atoms with Crippen LogP contribution in [0.15, 0.2) is 76.6 Å². The van der Waals surface area contributed by atoms with E-state index in [1.165, 1.54) is 55.7 Å². The minimum Gasteiger partial charge on any atom is -0.503 e. The van der Waals surface area contributed by atoms with Gasteiger partial charge in [0, 0.05) is 18.7 Å². The Hall–Kier alpha value is -4.60. The topological polar surface area (TPSA) is 132 Å². The number of nitro benzene ring substituents is 1. The van der Waals surface area contributed by atoms with Gasteiger partial charge in [0.25, 0.3) is 11.6 Å². The number of amides is 1. The first-order valence-electron chi connectivity index (χ1n) is 10.6. The van der Waals surface area contributed by atoms with E-state index in [0.717, 1.165) is 5.56 Å². The maximum absolute atomic E-state index is 13.2. The SMILES string of the molecule is COc1ccc(CCN2C(=O)C(O)=C(C(=O)c3ccco3)[C@H]2c2cccc([N+](=O)[O-])c2)cc1OC. The smallest absolute Gasteiger partial charge is 0.290 e. The summed E-state index contributed by atoms with van der Waals surface area (Å²) in [5, 5.41) is 22.1. The lowest BCUT2D eigenvalue weighted by Crippen LogP contribution is -2.33. The third-order valence-corrected chi connectivity index (χ3v) is 5.78. The molecule has 0 unspecified atom stereocenters. The molecule has 1 aliphatic heterocycles. The van der Waals surface area contributed by atoms with Gasteiger partial charge in [-0.2, -0.15) is 0 Å². The van der Waals surface area contributed by atoms with Gasteiger partial charge in [-0.1, -0.05) is 18.2 Å². The Bertz CT molecular complexity index is 1310. The number of nitro groups is 1. The molecule has 0 saturated carbocycles. The molecule has 1 atom stereocenters. The Kier molecular flexibility index (Phi) is 6.54. The van der Waals surface area contributed by atoms with E-state index < -0.39 is 28.4 Å². The van der Waals surface area contributed by atoms with Crippen molar-refractivity contribution in [2.75, 3.05) is 20.8 Å². The fourth-order valence-electron chi connectivity index (χ4n) is 4.10. The van der Waals surface area contributed by atoms with E-state index in [1.807, 2.05) is 6.07 Å². The number of carbonyl (C=O) groups is 2. The molecule has 1 N–H and O–H groups in total. The average molecular weight is 478 g/mol. The van der Waals surface area contributed by atoms with Crippen LogP contribution >= 0.6 is 0 Å². The molecule has 0 bridgehead atoms. The quantitative estimate of drug-likeness (QED) is 0.277. The number of aliphatic hydroxyl groups is 1. The van der Waals surface area contributed by atoms with E-state index >= 15 is 0 Å². The predicted molar refractivity (Wildman–Crippen MR) is 123 cm³/mol. The number of hydrogen-bond acceptors (Lipinski definition) is 8. The van der Waals surface area contributed by atoms with Crippen molar-refractivity contribution in [3.8, 4) is 11.5 Å². The van der Waals surface area contributed by atoms with Gasteiger partial charge in [0.1, 0.15) is 0 Å². The second-order valence-corrected chi connectivity index (χ2v) is 7.76. The van der Waals surface area contributed by atoms with Crippen LogP contribution in [0.4, 0.5) is 5.69 Å².